The topological polar surface area (TPSA) is 124 Å². The van der Waals surface area contributed by atoms with Gasteiger partial charge in [0.05, 0.1) is 16.6 Å². The molecule has 15 heteroatoms. The van der Waals surface area contributed by atoms with Crippen molar-refractivity contribution in [2.45, 2.75) is 57.8 Å². The minimum absolute atomic E-state index is 0.0487. The molecule has 2 atom stereocenters. The molecule has 5 aliphatic rings. The molecule has 4 saturated heterocycles. The van der Waals surface area contributed by atoms with Crippen LogP contribution in [-0.2, 0) is 16.1 Å². The zero-order chi connectivity index (χ0) is 43.4. The second-order valence-corrected chi connectivity index (χ2v) is 17.5. The summed E-state index contributed by atoms with van der Waals surface area (Å²) in [6.45, 7) is 9.65. The Labute approximate surface area is 363 Å². The second kappa shape index (κ2) is 16.7. The molecular formula is C48H50F2N8O5. The first-order valence-electron chi connectivity index (χ1n) is 22.0. The lowest BCUT2D eigenvalue weighted by Crippen LogP contribution is -2.52. The van der Waals surface area contributed by atoms with E-state index in [2.05, 4.69) is 31.1 Å². The average Bonchev–Trinajstić information content (AvgIpc) is 3.87. The predicted octanol–water partition coefficient (Wildman–Crippen LogP) is 5.97. The highest BCUT2D eigenvalue weighted by Crippen LogP contribution is 2.37. The van der Waals surface area contributed by atoms with Gasteiger partial charge in [-0.05, 0) is 117 Å². The summed E-state index contributed by atoms with van der Waals surface area (Å²) in [6, 6.07) is 21.3. The van der Waals surface area contributed by atoms with Crippen molar-refractivity contribution >= 4 is 45.7 Å². The van der Waals surface area contributed by atoms with Crippen LogP contribution in [0.2, 0.25) is 0 Å². The molecule has 1 N–H and O–H groups in total. The van der Waals surface area contributed by atoms with Gasteiger partial charge in [-0.2, -0.15) is 0 Å². The summed E-state index contributed by atoms with van der Waals surface area (Å²) in [5.41, 5.74) is 5.99. The van der Waals surface area contributed by atoms with E-state index in [-0.39, 0.29) is 36.1 Å². The minimum Gasteiger partial charge on any atom is -0.454 e. The Bertz CT molecular complexity index is 2660. The number of piperidine rings is 2. The molecule has 4 fully saturated rings. The molecule has 0 radical (unpaired) electrons. The normalized spacial score (nSPS) is 21.1. The van der Waals surface area contributed by atoms with Crippen LogP contribution in [0.15, 0.2) is 83.9 Å². The van der Waals surface area contributed by atoms with E-state index < -0.39 is 23.9 Å². The third-order valence-electron chi connectivity index (χ3n) is 13.6. The summed E-state index contributed by atoms with van der Waals surface area (Å²) < 4.78 is 36.6. The Hall–Kier alpha value is -6.35. The molecule has 6 heterocycles. The van der Waals surface area contributed by atoms with Gasteiger partial charge < -0.3 is 24.3 Å². The number of rotatable bonds is 9. The number of carbonyl (C=O) groups excluding carboxylic acids is 3. The number of hydrogen-bond acceptors (Lipinski definition) is 10. The molecular weight excluding hydrogens is 807 g/mol. The number of carbonyl (C=O) groups is 3. The van der Waals surface area contributed by atoms with Crippen molar-refractivity contribution in [1.82, 2.24) is 24.7 Å². The number of fused-ring (bicyclic) bond motifs is 2. The lowest BCUT2D eigenvalue weighted by atomic mass is 9.95. The van der Waals surface area contributed by atoms with Crippen LogP contribution in [0, 0.1) is 18.7 Å². The third-order valence-corrected chi connectivity index (χ3v) is 13.6. The van der Waals surface area contributed by atoms with E-state index in [0.29, 0.717) is 65.3 Å². The standard InChI is InChI=1S/C48H50F2N8O5/c1-30-42(56-19-16-33(49)28-56)11-9-40(50)45(30)63-37-7-10-41-39(25-37)48(62)58(29-51-41)35-4-2-34(3-5-35)55-22-20-53(21-23-55)26-31-14-17-54(18-15-31)36-6-8-38-32(24-36)27-57(47(38)61)43-12-13-44(59)52-46(43)60/h2-11,24-25,29,31,33,43H,12-23,26-28H2,1H3,(H,52,59,60)/t33-,43?/m1/s1. The van der Waals surface area contributed by atoms with Crippen molar-refractivity contribution in [3.05, 3.63) is 112 Å². The molecule has 4 aromatic carbocycles. The Morgan fingerprint density at radius 2 is 1.51 bits per heavy atom. The van der Waals surface area contributed by atoms with Gasteiger partial charge in [-0.25, -0.2) is 13.8 Å². The van der Waals surface area contributed by atoms with Crippen molar-refractivity contribution in [2.75, 3.05) is 73.6 Å². The van der Waals surface area contributed by atoms with Crippen LogP contribution in [0.1, 0.15) is 53.6 Å². The van der Waals surface area contributed by atoms with Gasteiger partial charge in [0.1, 0.15) is 24.3 Å². The number of nitrogens with one attached hydrogen (secondary N) is 1. The number of aromatic nitrogens is 2. The number of alkyl halides is 1. The Morgan fingerprint density at radius 3 is 2.25 bits per heavy atom. The first-order chi connectivity index (χ1) is 30.6. The number of piperazine rings is 1. The average molecular weight is 857 g/mol. The molecule has 10 rings (SSSR count). The van der Waals surface area contributed by atoms with E-state index in [1.165, 1.54) is 17.0 Å². The van der Waals surface area contributed by atoms with E-state index in [9.17, 15) is 23.6 Å². The van der Waals surface area contributed by atoms with E-state index in [4.69, 9.17) is 4.74 Å². The van der Waals surface area contributed by atoms with Crippen molar-refractivity contribution in [3.63, 3.8) is 0 Å². The van der Waals surface area contributed by atoms with Gasteiger partial charge in [0, 0.05) is 100 Å². The molecule has 3 amide bonds. The molecule has 0 aliphatic carbocycles. The number of benzene rings is 4. The molecule has 5 aromatic rings. The van der Waals surface area contributed by atoms with Crippen LogP contribution in [0.3, 0.4) is 0 Å². The number of hydrogen-bond donors (Lipinski definition) is 1. The van der Waals surface area contributed by atoms with Crippen LogP contribution >= 0.6 is 0 Å². The SMILES string of the molecule is Cc1c(N2CC[C@@H](F)C2)ccc(F)c1Oc1ccc2ncn(-c3ccc(N4CCN(CC5CCN(c6ccc7c(c6)CN(C6CCC(=O)NC6=O)C7=O)CC5)CC4)cc3)c(=O)c2c1. The quantitative estimate of drug-likeness (QED) is 0.178. The molecule has 1 aromatic heterocycles. The third kappa shape index (κ3) is 7.98. The minimum atomic E-state index is -0.916. The number of nitrogens with zero attached hydrogens (tertiary/aromatic N) is 7. The van der Waals surface area contributed by atoms with Crippen molar-refractivity contribution in [2.24, 2.45) is 5.92 Å². The summed E-state index contributed by atoms with van der Waals surface area (Å²) >= 11 is 0. The van der Waals surface area contributed by atoms with E-state index in [1.54, 1.807) is 36.1 Å². The van der Waals surface area contributed by atoms with Crippen LogP contribution in [0.4, 0.5) is 25.8 Å². The number of imide groups is 1. The van der Waals surface area contributed by atoms with E-state index in [1.807, 2.05) is 41.3 Å². The number of halogens is 2. The monoisotopic (exact) mass is 856 g/mol. The van der Waals surface area contributed by atoms with Gasteiger partial charge in [-0.15, -0.1) is 0 Å². The Morgan fingerprint density at radius 1 is 0.778 bits per heavy atom. The highest BCUT2D eigenvalue weighted by molar-refractivity contribution is 6.05. The van der Waals surface area contributed by atoms with Gasteiger partial charge in [0.15, 0.2) is 11.6 Å². The summed E-state index contributed by atoms with van der Waals surface area (Å²) in [4.78, 5) is 66.5. The lowest BCUT2D eigenvalue weighted by molar-refractivity contribution is -0.136. The van der Waals surface area contributed by atoms with E-state index >= 15 is 4.39 Å². The molecule has 0 bridgehead atoms. The zero-order valence-electron chi connectivity index (χ0n) is 35.3. The fourth-order valence-corrected chi connectivity index (χ4v) is 10.0. The van der Waals surface area contributed by atoms with Crippen molar-refractivity contribution in [3.8, 4) is 17.2 Å². The van der Waals surface area contributed by atoms with Crippen LogP contribution in [0.5, 0.6) is 11.5 Å². The van der Waals surface area contributed by atoms with Crippen LogP contribution < -0.4 is 30.3 Å². The summed E-state index contributed by atoms with van der Waals surface area (Å²) in [5, 5.41) is 2.72. The van der Waals surface area contributed by atoms with Crippen molar-refractivity contribution in [1.29, 1.82) is 0 Å². The van der Waals surface area contributed by atoms with E-state index in [0.717, 1.165) is 81.3 Å². The summed E-state index contributed by atoms with van der Waals surface area (Å²) in [7, 11) is 0. The first-order valence-corrected chi connectivity index (χ1v) is 22.0. The fourth-order valence-electron chi connectivity index (χ4n) is 10.0. The molecule has 326 valence electrons. The zero-order valence-corrected chi connectivity index (χ0v) is 35.3. The molecule has 0 saturated carbocycles. The first kappa shape index (κ1) is 40.7. The maximum absolute atomic E-state index is 15.1. The maximum Gasteiger partial charge on any atom is 0.265 e. The summed E-state index contributed by atoms with van der Waals surface area (Å²) in [6.07, 6.45) is 3.82. The Balaban J connectivity index is 0.725. The highest BCUT2D eigenvalue weighted by Gasteiger charge is 2.39. The maximum atomic E-state index is 15.1. The number of anilines is 3. The largest absolute Gasteiger partial charge is 0.454 e. The number of ether oxygens (including phenoxy) is 1. The molecule has 13 nitrogen and oxygen atoms in total. The second-order valence-electron chi connectivity index (χ2n) is 17.5. The molecule has 5 aliphatic heterocycles. The fraction of sp³-hybridized carbons (Fsp3) is 0.396. The molecule has 63 heavy (non-hydrogen) atoms. The van der Waals surface area contributed by atoms with Crippen LogP contribution in [0.25, 0.3) is 16.6 Å². The molecule has 0 spiro atoms. The van der Waals surface area contributed by atoms with Gasteiger partial charge in [0.2, 0.25) is 11.8 Å². The highest BCUT2D eigenvalue weighted by atomic mass is 19.1. The smallest absolute Gasteiger partial charge is 0.265 e. The lowest BCUT2D eigenvalue weighted by Gasteiger charge is -2.40. The number of amides is 3. The van der Waals surface area contributed by atoms with Crippen molar-refractivity contribution < 1.29 is 27.9 Å². The van der Waals surface area contributed by atoms with Crippen LogP contribution in [-0.4, -0.2) is 108 Å². The predicted molar refractivity (Wildman–Crippen MR) is 236 cm³/mol. The van der Waals surface area contributed by atoms with Gasteiger partial charge >= 0.3 is 0 Å². The Kier molecular flexibility index (Phi) is 10.8. The van der Waals surface area contributed by atoms with Gasteiger partial charge in [0.25, 0.3) is 11.5 Å². The molecule has 1 unspecified atom stereocenters. The summed E-state index contributed by atoms with van der Waals surface area (Å²) in [5.74, 6) is -0.402. The van der Waals surface area contributed by atoms with Gasteiger partial charge in [-0.1, -0.05) is 0 Å². The van der Waals surface area contributed by atoms with Gasteiger partial charge in [-0.3, -0.25) is 34.0 Å².